The third-order valence-electron chi connectivity index (χ3n) is 6.52. The molecule has 0 spiro atoms. The number of aliphatic hydroxyl groups is 1. The highest BCUT2D eigenvalue weighted by molar-refractivity contribution is 5.78. The smallest absolute Gasteiger partial charge is 0.234 e. The van der Waals surface area contributed by atoms with Crippen LogP contribution < -0.4 is 10.1 Å². The third-order valence-corrected chi connectivity index (χ3v) is 6.52. The molecule has 6 heteroatoms. The fourth-order valence-electron chi connectivity index (χ4n) is 5.00. The number of methoxy groups -OCH3 is 1. The van der Waals surface area contributed by atoms with Crippen molar-refractivity contribution >= 4 is 5.91 Å². The van der Waals surface area contributed by atoms with Gasteiger partial charge in [0, 0.05) is 18.5 Å². The van der Waals surface area contributed by atoms with Crippen LogP contribution in [0.15, 0.2) is 47.1 Å². The standard InChI is InChI=1S/C23H30N2O4/c1-28-18-9-7-17(8-10-18)22-20-6-2-3-11-23(20,27)12-13-25(22)16-21(26)24-15-19-5-4-14-29-19/h4-5,7-10,14,20,22,27H,2-3,6,11-13,15-16H2,1H3,(H,24,26)/t20?,22-,23?/m0/s1. The van der Waals surface area contributed by atoms with Gasteiger partial charge in [0.25, 0.3) is 0 Å². The van der Waals surface area contributed by atoms with Crippen molar-refractivity contribution in [2.24, 2.45) is 5.92 Å². The zero-order valence-corrected chi connectivity index (χ0v) is 17.0. The molecule has 2 aromatic rings. The summed E-state index contributed by atoms with van der Waals surface area (Å²) in [6.07, 6.45) is 6.36. The summed E-state index contributed by atoms with van der Waals surface area (Å²) >= 11 is 0. The molecule has 0 bridgehead atoms. The van der Waals surface area contributed by atoms with Crippen LogP contribution in [0.25, 0.3) is 0 Å². The summed E-state index contributed by atoms with van der Waals surface area (Å²) in [7, 11) is 1.66. The van der Waals surface area contributed by atoms with Crippen molar-refractivity contribution in [1.29, 1.82) is 0 Å². The van der Waals surface area contributed by atoms with Gasteiger partial charge in [-0.25, -0.2) is 0 Å². The van der Waals surface area contributed by atoms with Gasteiger partial charge in [-0.3, -0.25) is 9.69 Å². The van der Waals surface area contributed by atoms with Crippen LogP contribution in [0.1, 0.15) is 49.5 Å². The van der Waals surface area contributed by atoms with E-state index in [9.17, 15) is 9.90 Å². The number of nitrogens with one attached hydrogen (secondary N) is 1. The van der Waals surface area contributed by atoms with E-state index in [4.69, 9.17) is 9.15 Å². The lowest BCUT2D eigenvalue weighted by atomic mass is 9.66. The molecule has 2 fully saturated rings. The highest BCUT2D eigenvalue weighted by Crippen LogP contribution is 2.49. The van der Waals surface area contributed by atoms with Gasteiger partial charge in [0.15, 0.2) is 0 Å². The maximum Gasteiger partial charge on any atom is 0.234 e. The molecule has 1 amide bonds. The first-order valence-corrected chi connectivity index (χ1v) is 10.5. The second-order valence-corrected chi connectivity index (χ2v) is 8.25. The van der Waals surface area contributed by atoms with Crippen molar-refractivity contribution in [2.45, 2.75) is 50.3 Å². The van der Waals surface area contributed by atoms with Crippen molar-refractivity contribution in [3.8, 4) is 5.75 Å². The van der Waals surface area contributed by atoms with E-state index in [0.29, 0.717) is 19.6 Å². The second-order valence-electron chi connectivity index (χ2n) is 8.25. The van der Waals surface area contributed by atoms with Crippen LogP contribution >= 0.6 is 0 Å². The number of carbonyl (C=O) groups excluding carboxylic acids is 1. The Labute approximate surface area is 171 Å². The Bertz CT molecular complexity index is 805. The largest absolute Gasteiger partial charge is 0.497 e. The number of ether oxygens (including phenoxy) is 1. The SMILES string of the molecule is COc1ccc([C@H]2C3CCCCC3(O)CCN2CC(=O)NCc2ccco2)cc1. The molecule has 1 aliphatic heterocycles. The first kappa shape index (κ1) is 20.0. The molecule has 2 unspecified atom stereocenters. The van der Waals surface area contributed by atoms with Crippen LogP contribution in [-0.4, -0.2) is 41.7 Å². The minimum absolute atomic E-state index is 0.0225. The van der Waals surface area contributed by atoms with E-state index in [0.717, 1.165) is 49.2 Å². The summed E-state index contributed by atoms with van der Waals surface area (Å²) in [5, 5.41) is 14.3. The average Bonchev–Trinajstić information content (AvgIpc) is 3.26. The minimum Gasteiger partial charge on any atom is -0.497 e. The molecule has 0 radical (unpaired) electrons. The Morgan fingerprint density at radius 2 is 2.10 bits per heavy atom. The predicted octanol–water partition coefficient (Wildman–Crippen LogP) is 3.27. The van der Waals surface area contributed by atoms with Crippen molar-refractivity contribution in [1.82, 2.24) is 10.2 Å². The number of fused-ring (bicyclic) bond motifs is 1. The summed E-state index contributed by atoms with van der Waals surface area (Å²) in [6.45, 7) is 1.40. The van der Waals surface area contributed by atoms with Crippen LogP contribution in [0, 0.1) is 5.92 Å². The molecule has 156 valence electrons. The normalized spacial score (nSPS) is 27.2. The van der Waals surface area contributed by atoms with E-state index >= 15 is 0 Å². The minimum atomic E-state index is -0.635. The molecular weight excluding hydrogens is 368 g/mol. The number of rotatable bonds is 6. The quantitative estimate of drug-likeness (QED) is 0.781. The molecule has 2 heterocycles. The molecule has 1 aromatic carbocycles. The van der Waals surface area contributed by atoms with E-state index in [1.54, 1.807) is 13.4 Å². The molecule has 2 aliphatic rings. The molecular formula is C23H30N2O4. The van der Waals surface area contributed by atoms with Crippen LogP contribution in [-0.2, 0) is 11.3 Å². The number of nitrogens with zero attached hydrogens (tertiary/aromatic N) is 1. The molecule has 3 atom stereocenters. The van der Waals surface area contributed by atoms with Gasteiger partial charge < -0.3 is 19.6 Å². The highest BCUT2D eigenvalue weighted by Gasteiger charge is 2.49. The number of amides is 1. The molecule has 1 saturated carbocycles. The van der Waals surface area contributed by atoms with E-state index in [-0.39, 0.29) is 17.9 Å². The number of likely N-dealkylation sites (tertiary alicyclic amines) is 1. The van der Waals surface area contributed by atoms with Gasteiger partial charge in [0.1, 0.15) is 11.5 Å². The number of hydrogen-bond acceptors (Lipinski definition) is 5. The van der Waals surface area contributed by atoms with Crippen molar-refractivity contribution < 1.29 is 19.1 Å². The average molecular weight is 399 g/mol. The fourth-order valence-corrected chi connectivity index (χ4v) is 5.00. The van der Waals surface area contributed by atoms with Crippen molar-refractivity contribution in [2.75, 3.05) is 20.2 Å². The lowest BCUT2D eigenvalue weighted by molar-refractivity contribution is -0.138. The van der Waals surface area contributed by atoms with Crippen LogP contribution in [0.3, 0.4) is 0 Å². The summed E-state index contributed by atoms with van der Waals surface area (Å²) in [6, 6.07) is 11.7. The molecule has 1 aliphatic carbocycles. The van der Waals surface area contributed by atoms with E-state index in [2.05, 4.69) is 22.3 Å². The maximum atomic E-state index is 12.6. The van der Waals surface area contributed by atoms with Gasteiger partial charge in [-0.05, 0) is 49.1 Å². The van der Waals surface area contributed by atoms with Crippen LogP contribution in [0.4, 0.5) is 0 Å². The van der Waals surface area contributed by atoms with Crippen molar-refractivity contribution in [3.63, 3.8) is 0 Å². The highest BCUT2D eigenvalue weighted by atomic mass is 16.5. The Morgan fingerprint density at radius 3 is 2.83 bits per heavy atom. The van der Waals surface area contributed by atoms with E-state index in [1.165, 1.54) is 0 Å². The Balaban J connectivity index is 1.52. The zero-order chi connectivity index (χ0) is 20.3. The van der Waals surface area contributed by atoms with Gasteiger partial charge >= 0.3 is 0 Å². The van der Waals surface area contributed by atoms with Crippen LogP contribution in [0.2, 0.25) is 0 Å². The Kier molecular flexibility index (Phi) is 5.92. The van der Waals surface area contributed by atoms with E-state index in [1.807, 2.05) is 24.3 Å². The molecule has 1 aromatic heterocycles. The number of piperidine rings is 1. The number of carbonyl (C=O) groups is 1. The Hall–Kier alpha value is -2.31. The monoisotopic (exact) mass is 398 g/mol. The lowest BCUT2D eigenvalue weighted by Gasteiger charge is -2.52. The predicted molar refractivity (Wildman–Crippen MR) is 109 cm³/mol. The zero-order valence-electron chi connectivity index (χ0n) is 17.0. The van der Waals surface area contributed by atoms with Crippen LogP contribution in [0.5, 0.6) is 5.75 Å². The summed E-state index contributed by atoms with van der Waals surface area (Å²) in [4.78, 5) is 14.9. The summed E-state index contributed by atoms with van der Waals surface area (Å²) < 4.78 is 10.6. The van der Waals surface area contributed by atoms with Crippen molar-refractivity contribution in [3.05, 3.63) is 54.0 Å². The number of furan rings is 1. The first-order chi connectivity index (χ1) is 14.1. The lowest BCUT2D eigenvalue weighted by Crippen LogP contribution is -2.56. The van der Waals surface area contributed by atoms with Gasteiger partial charge in [-0.2, -0.15) is 0 Å². The molecule has 29 heavy (non-hydrogen) atoms. The number of hydrogen-bond donors (Lipinski definition) is 2. The molecule has 4 rings (SSSR count). The van der Waals surface area contributed by atoms with Gasteiger partial charge in [0.05, 0.1) is 32.1 Å². The topological polar surface area (TPSA) is 74.9 Å². The van der Waals surface area contributed by atoms with Gasteiger partial charge in [-0.15, -0.1) is 0 Å². The molecule has 1 saturated heterocycles. The maximum absolute atomic E-state index is 12.6. The Morgan fingerprint density at radius 1 is 1.28 bits per heavy atom. The van der Waals surface area contributed by atoms with E-state index < -0.39 is 5.60 Å². The summed E-state index contributed by atoms with van der Waals surface area (Å²) in [5.41, 5.74) is 0.499. The van der Waals surface area contributed by atoms with Gasteiger partial charge in [0.2, 0.25) is 5.91 Å². The molecule has 6 nitrogen and oxygen atoms in total. The number of benzene rings is 1. The first-order valence-electron chi connectivity index (χ1n) is 10.5. The third kappa shape index (κ3) is 4.33. The van der Waals surface area contributed by atoms with Gasteiger partial charge in [-0.1, -0.05) is 25.0 Å². The fraction of sp³-hybridized carbons (Fsp3) is 0.522. The second kappa shape index (κ2) is 8.59. The summed E-state index contributed by atoms with van der Waals surface area (Å²) in [5.74, 6) is 1.66. The molecule has 2 N–H and O–H groups in total.